The number of benzene rings is 2. The molecule has 0 spiro atoms. The predicted octanol–water partition coefficient (Wildman–Crippen LogP) is 1.59. The molecule has 10 heteroatoms. The summed E-state index contributed by atoms with van der Waals surface area (Å²) >= 11 is 0. The molecule has 0 unspecified atom stereocenters. The third-order valence-electron chi connectivity index (χ3n) is 7.99. The molecule has 2 aromatic carbocycles. The number of rotatable bonds is 4. The number of phenols is 2. The van der Waals surface area contributed by atoms with Crippen molar-refractivity contribution in [3.8, 4) is 11.5 Å². The normalized spacial score (nSPS) is 33.0. The molecule has 10 nitrogen and oxygen atoms in total. The number of phenolic OH excluding ortho intramolecular Hbond substituents is 2. The van der Waals surface area contributed by atoms with Gasteiger partial charge in [0.2, 0.25) is 0 Å². The average molecular weight is 514 g/mol. The highest BCUT2D eigenvalue weighted by atomic mass is 16.7. The Bertz CT molecular complexity index is 1280. The molecule has 7 atom stereocenters. The van der Waals surface area contributed by atoms with Crippen LogP contribution in [0.25, 0.3) is 0 Å². The van der Waals surface area contributed by atoms with E-state index in [2.05, 4.69) is 5.32 Å². The van der Waals surface area contributed by atoms with Crippen LogP contribution in [0.1, 0.15) is 88.3 Å². The quantitative estimate of drug-likeness (QED) is 0.302. The average Bonchev–Trinajstić information content (AvgIpc) is 2.86. The highest BCUT2D eigenvalue weighted by Crippen LogP contribution is 2.53. The molecule has 2 aliphatic carbocycles. The van der Waals surface area contributed by atoms with Crippen molar-refractivity contribution in [1.29, 1.82) is 0 Å². The first kappa shape index (κ1) is 25.8. The standard InChI is InChI=1S/C27H31NO9/c1-4-27(35)10-17(30)13-8-14-20(23(32)12-6-5-7-16(29)19(12)24(14)33)25(34)21(13)26(27)37-18-9-15(28-3)22(31)11(2)36-18/h5-8,11,15,17-18,22,26,28-31,34-35H,4,9-10H2,1-3H3/t11-,15-,17-,18-,22+,26+,27+/m0/s1. The van der Waals surface area contributed by atoms with E-state index >= 15 is 0 Å². The number of hydrogen-bond donors (Lipinski definition) is 6. The summed E-state index contributed by atoms with van der Waals surface area (Å²) in [7, 11) is 1.70. The molecule has 1 saturated heterocycles. The zero-order valence-corrected chi connectivity index (χ0v) is 20.8. The Morgan fingerprint density at radius 3 is 2.51 bits per heavy atom. The van der Waals surface area contributed by atoms with Crippen LogP contribution < -0.4 is 5.32 Å². The highest BCUT2D eigenvalue weighted by molar-refractivity contribution is 6.30. The number of hydrogen-bond acceptors (Lipinski definition) is 10. The Kier molecular flexibility index (Phi) is 6.38. The van der Waals surface area contributed by atoms with E-state index in [9.17, 15) is 35.1 Å². The Morgan fingerprint density at radius 2 is 1.84 bits per heavy atom. The minimum absolute atomic E-state index is 0.00925. The van der Waals surface area contributed by atoms with Gasteiger partial charge < -0.3 is 40.3 Å². The van der Waals surface area contributed by atoms with E-state index in [1.807, 2.05) is 0 Å². The third kappa shape index (κ3) is 3.87. The van der Waals surface area contributed by atoms with Gasteiger partial charge in [-0.2, -0.15) is 0 Å². The third-order valence-corrected chi connectivity index (χ3v) is 7.99. The Hall–Kier alpha value is -2.86. The zero-order chi connectivity index (χ0) is 26.8. The SMILES string of the molecule is CC[C@@]1(O)C[C@H](O)c2cc3c(c(O)c2[C@H]1O[C@H]1C[C@H](NC)[C@H](O)[C@H](C)O1)C(=O)c1cccc(O)c1C3=O. The van der Waals surface area contributed by atoms with Crippen LogP contribution in [0.4, 0.5) is 0 Å². The number of fused-ring (bicyclic) bond motifs is 3. The summed E-state index contributed by atoms with van der Waals surface area (Å²) in [6, 6.07) is 5.11. The summed E-state index contributed by atoms with van der Waals surface area (Å²) in [5.74, 6) is -2.24. The van der Waals surface area contributed by atoms with Gasteiger partial charge in [-0.3, -0.25) is 9.59 Å². The van der Waals surface area contributed by atoms with E-state index in [0.29, 0.717) is 0 Å². The van der Waals surface area contributed by atoms with Gasteiger partial charge in [-0.25, -0.2) is 0 Å². The van der Waals surface area contributed by atoms with Gasteiger partial charge in [0.05, 0.1) is 35.0 Å². The molecule has 0 aromatic heterocycles. The molecule has 1 fully saturated rings. The lowest BCUT2D eigenvalue weighted by Gasteiger charge is -2.46. The summed E-state index contributed by atoms with van der Waals surface area (Å²) in [4.78, 5) is 26.7. The number of nitrogens with one attached hydrogen (secondary N) is 1. The highest BCUT2D eigenvalue weighted by Gasteiger charge is 2.50. The van der Waals surface area contributed by atoms with Crippen LogP contribution in [-0.4, -0.2) is 74.3 Å². The van der Waals surface area contributed by atoms with Crippen LogP contribution in [0.5, 0.6) is 11.5 Å². The van der Waals surface area contributed by atoms with Crippen LogP contribution in [0.15, 0.2) is 24.3 Å². The van der Waals surface area contributed by atoms with E-state index in [0.717, 1.165) is 0 Å². The van der Waals surface area contributed by atoms with Crippen molar-refractivity contribution in [2.75, 3.05) is 7.05 Å². The Labute approximate surface area is 213 Å². The first-order valence-electron chi connectivity index (χ1n) is 12.4. The largest absolute Gasteiger partial charge is 0.507 e. The molecule has 3 aliphatic rings. The van der Waals surface area contributed by atoms with Gasteiger partial charge in [0, 0.05) is 35.6 Å². The molecule has 0 bridgehead atoms. The van der Waals surface area contributed by atoms with Crippen molar-refractivity contribution < 1.29 is 44.6 Å². The molecule has 2 aromatic rings. The number of aliphatic hydroxyl groups is 3. The van der Waals surface area contributed by atoms with Crippen molar-refractivity contribution in [3.05, 3.63) is 57.6 Å². The maximum Gasteiger partial charge on any atom is 0.198 e. The van der Waals surface area contributed by atoms with Crippen molar-refractivity contribution in [1.82, 2.24) is 5.32 Å². The molecule has 0 amide bonds. The van der Waals surface area contributed by atoms with Crippen LogP contribution in [0.2, 0.25) is 0 Å². The second kappa shape index (κ2) is 9.16. The molecule has 0 radical (unpaired) electrons. The van der Waals surface area contributed by atoms with Gasteiger partial charge in [-0.1, -0.05) is 19.1 Å². The summed E-state index contributed by atoms with van der Waals surface area (Å²) in [6.07, 6.45) is -4.48. The van der Waals surface area contributed by atoms with Crippen LogP contribution in [0.3, 0.4) is 0 Å². The number of carbonyl (C=O) groups excluding carboxylic acids is 2. The van der Waals surface area contributed by atoms with Gasteiger partial charge in [0.1, 0.15) is 17.6 Å². The lowest BCUT2D eigenvalue weighted by Crippen LogP contribution is -2.54. The summed E-state index contributed by atoms with van der Waals surface area (Å²) in [6.45, 7) is 3.40. The van der Waals surface area contributed by atoms with Crippen molar-refractivity contribution in [2.45, 2.75) is 75.5 Å². The minimum Gasteiger partial charge on any atom is -0.507 e. The lowest BCUT2D eigenvalue weighted by molar-refractivity contribution is -0.273. The molecule has 6 N–H and O–H groups in total. The van der Waals surface area contributed by atoms with Crippen molar-refractivity contribution in [2.24, 2.45) is 0 Å². The maximum absolute atomic E-state index is 13.4. The first-order chi connectivity index (χ1) is 17.5. The Balaban J connectivity index is 1.65. The molecular weight excluding hydrogens is 482 g/mol. The zero-order valence-electron chi connectivity index (χ0n) is 20.8. The number of likely N-dealkylation sites (N-methyl/N-ethyl adjacent to an activating group) is 1. The summed E-state index contributed by atoms with van der Waals surface area (Å²) in [5, 5.41) is 57.7. The van der Waals surface area contributed by atoms with Gasteiger partial charge in [0.25, 0.3) is 0 Å². The molecule has 5 rings (SSSR count). The van der Waals surface area contributed by atoms with Crippen LogP contribution >= 0.6 is 0 Å². The fourth-order valence-electron chi connectivity index (χ4n) is 5.82. The fourth-order valence-corrected chi connectivity index (χ4v) is 5.82. The first-order valence-corrected chi connectivity index (χ1v) is 12.4. The lowest BCUT2D eigenvalue weighted by atomic mass is 9.71. The van der Waals surface area contributed by atoms with E-state index in [1.54, 1.807) is 20.9 Å². The minimum atomic E-state index is -1.63. The van der Waals surface area contributed by atoms with Gasteiger partial charge in [-0.15, -0.1) is 0 Å². The fraction of sp³-hybridized carbons (Fsp3) is 0.481. The Morgan fingerprint density at radius 1 is 1.14 bits per heavy atom. The van der Waals surface area contributed by atoms with Gasteiger partial charge in [-0.05, 0) is 38.1 Å². The number of aliphatic hydroxyl groups excluding tert-OH is 2. The van der Waals surface area contributed by atoms with Crippen molar-refractivity contribution in [3.63, 3.8) is 0 Å². The van der Waals surface area contributed by atoms with Gasteiger partial charge in [0.15, 0.2) is 17.9 Å². The topological polar surface area (TPSA) is 166 Å². The van der Waals surface area contributed by atoms with Crippen molar-refractivity contribution >= 4 is 11.6 Å². The summed E-state index contributed by atoms with van der Waals surface area (Å²) in [5.41, 5.74) is -2.11. The second-order valence-electron chi connectivity index (χ2n) is 10.1. The second-order valence-corrected chi connectivity index (χ2v) is 10.1. The molecule has 1 aliphatic heterocycles. The molecule has 198 valence electrons. The van der Waals surface area contributed by atoms with Gasteiger partial charge >= 0.3 is 0 Å². The molecule has 0 saturated carbocycles. The van der Waals surface area contributed by atoms with E-state index < -0.39 is 53.6 Å². The maximum atomic E-state index is 13.4. The molecular formula is C27H31NO9. The van der Waals surface area contributed by atoms with E-state index in [4.69, 9.17) is 9.47 Å². The number of carbonyl (C=O) groups is 2. The monoisotopic (exact) mass is 513 g/mol. The van der Waals surface area contributed by atoms with Crippen LogP contribution in [0, 0.1) is 0 Å². The van der Waals surface area contributed by atoms with E-state index in [-0.39, 0.29) is 64.4 Å². The van der Waals surface area contributed by atoms with E-state index in [1.165, 1.54) is 24.3 Å². The smallest absolute Gasteiger partial charge is 0.198 e. The molecule has 37 heavy (non-hydrogen) atoms. The number of aromatic hydroxyl groups is 2. The summed E-state index contributed by atoms with van der Waals surface area (Å²) < 4.78 is 12.1. The predicted molar refractivity (Wildman–Crippen MR) is 130 cm³/mol. The van der Waals surface area contributed by atoms with Crippen LogP contribution in [-0.2, 0) is 9.47 Å². The number of ether oxygens (including phenoxy) is 2. The number of ketones is 2. The molecule has 1 heterocycles.